The molecule has 10 heteroatoms. The van der Waals surface area contributed by atoms with E-state index in [-0.39, 0.29) is 24.2 Å². The largest absolute Gasteiger partial charge is 0.419 e. The lowest BCUT2D eigenvalue weighted by molar-refractivity contribution is -0.140. The number of carbonyl (C=O) groups is 1. The Morgan fingerprint density at radius 3 is 2.64 bits per heavy atom. The van der Waals surface area contributed by atoms with Crippen LogP contribution in [0.2, 0.25) is 0 Å². The number of carbonyl (C=O) groups excluding carboxylic acids is 1. The number of alkyl halides is 3. The molecule has 0 spiro atoms. The Morgan fingerprint density at radius 2 is 1.93 bits per heavy atom. The predicted molar refractivity (Wildman–Crippen MR) is 98.4 cm³/mol. The third-order valence-electron chi connectivity index (χ3n) is 3.92. The molecule has 3 rings (SSSR count). The summed E-state index contributed by atoms with van der Waals surface area (Å²) < 4.78 is 53.4. The SMILES string of the molecule is O=C(CCn1cnc2ccc(Br)cc2c1=O)Nc1ccc(F)c(C(F)(F)F)c1. The Kier molecular flexibility index (Phi) is 5.50. The van der Waals surface area contributed by atoms with Gasteiger partial charge in [0.2, 0.25) is 5.91 Å². The van der Waals surface area contributed by atoms with Crippen molar-refractivity contribution in [2.24, 2.45) is 0 Å². The molecule has 0 aliphatic heterocycles. The molecule has 0 aliphatic carbocycles. The van der Waals surface area contributed by atoms with E-state index in [9.17, 15) is 27.2 Å². The second-order valence-electron chi connectivity index (χ2n) is 5.90. The number of nitrogens with zero attached hydrogens (tertiary/aromatic N) is 2. The van der Waals surface area contributed by atoms with Crippen molar-refractivity contribution in [2.45, 2.75) is 19.1 Å². The molecule has 0 fully saturated rings. The minimum absolute atomic E-state index is 0.0204. The molecule has 1 aromatic heterocycles. The van der Waals surface area contributed by atoms with Crippen LogP contribution < -0.4 is 10.9 Å². The molecule has 0 atom stereocenters. The number of nitrogens with one attached hydrogen (secondary N) is 1. The lowest BCUT2D eigenvalue weighted by Crippen LogP contribution is -2.23. The maximum absolute atomic E-state index is 13.3. The lowest BCUT2D eigenvalue weighted by Gasteiger charge is -2.11. The van der Waals surface area contributed by atoms with Gasteiger partial charge >= 0.3 is 6.18 Å². The third kappa shape index (κ3) is 4.38. The summed E-state index contributed by atoms with van der Waals surface area (Å²) in [5.74, 6) is -2.05. The van der Waals surface area contributed by atoms with Gasteiger partial charge < -0.3 is 5.32 Å². The minimum atomic E-state index is -4.87. The van der Waals surface area contributed by atoms with Crippen LogP contribution in [0, 0.1) is 5.82 Å². The molecule has 5 nitrogen and oxygen atoms in total. The topological polar surface area (TPSA) is 64.0 Å². The van der Waals surface area contributed by atoms with Crippen LogP contribution in [0.5, 0.6) is 0 Å². The first-order chi connectivity index (χ1) is 13.1. The molecule has 3 aromatic rings. The smallest absolute Gasteiger partial charge is 0.326 e. The van der Waals surface area contributed by atoms with Gasteiger partial charge in [-0.3, -0.25) is 14.2 Å². The Bertz CT molecular complexity index is 1110. The molecular weight excluding hydrogens is 446 g/mol. The van der Waals surface area contributed by atoms with E-state index in [1.807, 2.05) is 0 Å². The van der Waals surface area contributed by atoms with Crippen molar-refractivity contribution in [3.63, 3.8) is 0 Å². The Morgan fingerprint density at radius 1 is 1.18 bits per heavy atom. The molecule has 1 N–H and O–H groups in total. The number of fused-ring (bicyclic) bond motifs is 1. The van der Waals surface area contributed by atoms with Crippen LogP contribution >= 0.6 is 15.9 Å². The van der Waals surface area contributed by atoms with Gasteiger partial charge in [-0.2, -0.15) is 13.2 Å². The summed E-state index contributed by atoms with van der Waals surface area (Å²) in [6.07, 6.45) is -3.76. The fourth-order valence-electron chi connectivity index (χ4n) is 2.56. The van der Waals surface area contributed by atoms with E-state index < -0.39 is 23.5 Å². The Balaban J connectivity index is 1.72. The molecule has 0 saturated heterocycles. The highest BCUT2D eigenvalue weighted by atomic mass is 79.9. The van der Waals surface area contributed by atoms with Crippen molar-refractivity contribution in [3.05, 3.63) is 68.9 Å². The summed E-state index contributed by atoms with van der Waals surface area (Å²) >= 11 is 3.27. The molecule has 0 aliphatic rings. The average molecular weight is 458 g/mol. The first kappa shape index (κ1) is 20.0. The van der Waals surface area contributed by atoms with Crippen LogP contribution in [0.3, 0.4) is 0 Å². The van der Waals surface area contributed by atoms with Crippen molar-refractivity contribution < 1.29 is 22.4 Å². The zero-order chi connectivity index (χ0) is 20.5. The molecule has 0 radical (unpaired) electrons. The van der Waals surface area contributed by atoms with E-state index in [0.717, 1.165) is 6.07 Å². The summed E-state index contributed by atoms with van der Waals surface area (Å²) in [5, 5.41) is 2.64. The van der Waals surface area contributed by atoms with Crippen LogP contribution in [-0.2, 0) is 17.5 Å². The normalized spacial score (nSPS) is 11.6. The van der Waals surface area contributed by atoms with Gasteiger partial charge in [0.1, 0.15) is 5.82 Å². The predicted octanol–water partition coefficient (Wildman–Crippen LogP) is 4.35. The molecule has 0 saturated carbocycles. The molecule has 28 heavy (non-hydrogen) atoms. The maximum Gasteiger partial charge on any atom is 0.419 e. The Labute approximate surface area is 164 Å². The molecular formula is C18H12BrF4N3O2. The average Bonchev–Trinajstić information content (AvgIpc) is 2.62. The summed E-state index contributed by atoms with van der Waals surface area (Å²) in [6.45, 7) is -0.0204. The number of hydrogen-bond donors (Lipinski definition) is 1. The molecule has 0 bridgehead atoms. The summed E-state index contributed by atoms with van der Waals surface area (Å²) in [4.78, 5) is 28.6. The summed E-state index contributed by atoms with van der Waals surface area (Å²) in [5.41, 5.74) is -1.50. The van der Waals surface area contributed by atoms with Crippen molar-refractivity contribution in [2.75, 3.05) is 5.32 Å². The van der Waals surface area contributed by atoms with Crippen LogP contribution in [0.1, 0.15) is 12.0 Å². The van der Waals surface area contributed by atoms with Gasteiger partial charge in [-0.25, -0.2) is 9.37 Å². The number of benzene rings is 2. The van der Waals surface area contributed by atoms with Crippen LogP contribution in [0.4, 0.5) is 23.2 Å². The summed E-state index contributed by atoms with van der Waals surface area (Å²) in [6, 6.07) is 7.21. The second-order valence-corrected chi connectivity index (χ2v) is 6.81. The molecule has 0 unspecified atom stereocenters. The first-order valence-corrected chi connectivity index (χ1v) is 8.76. The number of amides is 1. The summed E-state index contributed by atoms with van der Waals surface area (Å²) in [7, 11) is 0. The van der Waals surface area contributed by atoms with E-state index in [1.165, 1.54) is 10.9 Å². The Hall–Kier alpha value is -2.75. The number of anilines is 1. The fraction of sp³-hybridized carbons (Fsp3) is 0.167. The van der Waals surface area contributed by atoms with Crippen molar-refractivity contribution >= 4 is 38.4 Å². The number of aromatic nitrogens is 2. The highest BCUT2D eigenvalue weighted by Gasteiger charge is 2.34. The minimum Gasteiger partial charge on any atom is -0.326 e. The van der Waals surface area contributed by atoms with Crippen LogP contribution in [-0.4, -0.2) is 15.5 Å². The van der Waals surface area contributed by atoms with E-state index in [2.05, 4.69) is 26.2 Å². The molecule has 146 valence electrons. The van der Waals surface area contributed by atoms with E-state index in [1.54, 1.807) is 18.2 Å². The monoisotopic (exact) mass is 457 g/mol. The maximum atomic E-state index is 13.3. The highest BCUT2D eigenvalue weighted by Crippen LogP contribution is 2.33. The zero-order valence-electron chi connectivity index (χ0n) is 14.1. The number of hydrogen-bond acceptors (Lipinski definition) is 3. The highest BCUT2D eigenvalue weighted by molar-refractivity contribution is 9.10. The number of halogens is 5. The molecule has 2 aromatic carbocycles. The quantitative estimate of drug-likeness (QED) is 0.592. The number of aryl methyl sites for hydroxylation is 1. The lowest BCUT2D eigenvalue weighted by atomic mass is 10.1. The van der Waals surface area contributed by atoms with Gasteiger partial charge in [-0.15, -0.1) is 0 Å². The van der Waals surface area contributed by atoms with Crippen molar-refractivity contribution in [3.8, 4) is 0 Å². The van der Waals surface area contributed by atoms with Crippen molar-refractivity contribution in [1.82, 2.24) is 9.55 Å². The second kappa shape index (κ2) is 7.70. The standard InChI is InChI=1S/C18H12BrF4N3O2/c19-10-1-4-15-12(7-10)17(28)26(9-24-15)6-5-16(27)25-11-2-3-14(20)13(8-11)18(21,22)23/h1-4,7-9H,5-6H2,(H,25,27). The third-order valence-corrected chi connectivity index (χ3v) is 4.41. The molecule has 1 amide bonds. The van der Waals surface area contributed by atoms with Gasteiger partial charge in [0.05, 0.1) is 22.8 Å². The molecule has 1 heterocycles. The number of rotatable bonds is 4. The van der Waals surface area contributed by atoms with Gasteiger partial charge in [-0.05, 0) is 36.4 Å². The van der Waals surface area contributed by atoms with E-state index in [4.69, 9.17) is 0 Å². The first-order valence-electron chi connectivity index (χ1n) is 7.96. The van der Waals surface area contributed by atoms with Gasteiger partial charge in [-0.1, -0.05) is 15.9 Å². The van der Waals surface area contributed by atoms with E-state index in [0.29, 0.717) is 27.5 Å². The van der Waals surface area contributed by atoms with Gasteiger partial charge in [0.15, 0.2) is 0 Å². The zero-order valence-corrected chi connectivity index (χ0v) is 15.6. The van der Waals surface area contributed by atoms with Crippen LogP contribution in [0.25, 0.3) is 10.9 Å². The fourth-order valence-corrected chi connectivity index (χ4v) is 2.92. The van der Waals surface area contributed by atoms with Crippen LogP contribution in [0.15, 0.2) is 52.0 Å². The van der Waals surface area contributed by atoms with Gasteiger partial charge in [0, 0.05) is 23.1 Å². The van der Waals surface area contributed by atoms with E-state index >= 15 is 0 Å². The van der Waals surface area contributed by atoms with Gasteiger partial charge in [0.25, 0.3) is 5.56 Å². The van der Waals surface area contributed by atoms with Crippen molar-refractivity contribution in [1.29, 1.82) is 0 Å².